The van der Waals surface area contributed by atoms with Crippen molar-refractivity contribution in [2.45, 2.75) is 25.8 Å². The van der Waals surface area contributed by atoms with Gasteiger partial charge in [0.25, 0.3) is 11.2 Å². The number of rotatable bonds is 1. The molecule has 0 aromatic rings. The summed E-state index contributed by atoms with van der Waals surface area (Å²) in [6.45, 7) is 1.82. The first-order valence-corrected chi connectivity index (χ1v) is 4.65. The highest BCUT2D eigenvalue weighted by atomic mass is 32.2. The van der Waals surface area contributed by atoms with Gasteiger partial charge in [-0.05, 0) is 19.8 Å². The predicted octanol–water partition coefficient (Wildman–Crippen LogP) is 0.190. The van der Waals surface area contributed by atoms with E-state index in [1.54, 1.807) is 0 Å². The van der Waals surface area contributed by atoms with Gasteiger partial charge in [-0.25, -0.2) is 4.21 Å². The predicted molar refractivity (Wildman–Crippen MR) is 44.8 cm³/mol. The van der Waals surface area contributed by atoms with E-state index in [9.17, 15) is 4.21 Å². The Balaban J connectivity index is 2.07. The fourth-order valence-corrected chi connectivity index (χ4v) is 1.58. The van der Waals surface area contributed by atoms with E-state index in [-0.39, 0.29) is 0 Å². The van der Waals surface area contributed by atoms with Gasteiger partial charge >= 0.3 is 0 Å². The molecule has 0 bridgehead atoms. The van der Waals surface area contributed by atoms with Gasteiger partial charge < -0.3 is 5.32 Å². The average molecular weight is 171 g/mol. The van der Waals surface area contributed by atoms with Crippen molar-refractivity contribution in [3.63, 3.8) is 0 Å². The molecule has 4 nitrogen and oxygen atoms in total. The van der Waals surface area contributed by atoms with E-state index in [0.29, 0.717) is 11.9 Å². The quantitative estimate of drug-likeness (QED) is 0.612. The molecular weight excluding hydrogens is 162 g/mol. The van der Waals surface area contributed by atoms with Crippen LogP contribution in [0, 0.1) is 0 Å². The molecule has 0 radical (unpaired) electrons. The second-order valence-electron chi connectivity index (χ2n) is 2.77. The van der Waals surface area contributed by atoms with Crippen molar-refractivity contribution in [1.29, 1.82) is 0 Å². The van der Waals surface area contributed by atoms with Gasteiger partial charge in [-0.15, -0.1) is 4.40 Å². The maximum absolute atomic E-state index is 10.8. The van der Waals surface area contributed by atoms with Crippen LogP contribution in [0.15, 0.2) is 8.80 Å². The van der Waals surface area contributed by atoms with Crippen LogP contribution in [0.3, 0.4) is 0 Å². The van der Waals surface area contributed by atoms with Crippen LogP contribution in [0.25, 0.3) is 0 Å². The van der Waals surface area contributed by atoms with Gasteiger partial charge in [0.2, 0.25) is 0 Å². The normalized spacial score (nSPS) is 29.7. The van der Waals surface area contributed by atoms with Crippen LogP contribution in [0.2, 0.25) is 0 Å². The molecule has 1 atom stereocenters. The van der Waals surface area contributed by atoms with Gasteiger partial charge in [0.15, 0.2) is 5.84 Å². The summed E-state index contributed by atoms with van der Waals surface area (Å²) >= 11 is -1.36. The molecular formula is C6H9N3OS. The summed E-state index contributed by atoms with van der Waals surface area (Å²) in [5.74, 6) is 0.714. The molecule has 0 amide bonds. The van der Waals surface area contributed by atoms with Crippen molar-refractivity contribution in [1.82, 2.24) is 5.32 Å². The van der Waals surface area contributed by atoms with Crippen molar-refractivity contribution in [2.24, 2.45) is 8.80 Å². The highest BCUT2D eigenvalue weighted by Gasteiger charge is 2.25. The molecule has 0 spiro atoms. The maximum Gasteiger partial charge on any atom is 0.267 e. The summed E-state index contributed by atoms with van der Waals surface area (Å²) in [6, 6.07) is 0.550. The molecule has 0 aromatic carbocycles. The van der Waals surface area contributed by atoms with E-state index in [1.165, 1.54) is 12.8 Å². The molecule has 0 saturated heterocycles. The van der Waals surface area contributed by atoms with Crippen LogP contribution in [0.5, 0.6) is 0 Å². The van der Waals surface area contributed by atoms with E-state index < -0.39 is 11.2 Å². The van der Waals surface area contributed by atoms with Crippen LogP contribution in [0.4, 0.5) is 0 Å². The van der Waals surface area contributed by atoms with Crippen LogP contribution < -0.4 is 5.32 Å². The third-order valence-electron chi connectivity index (χ3n) is 1.65. The molecule has 1 aliphatic heterocycles. The summed E-state index contributed by atoms with van der Waals surface area (Å²) < 4.78 is 18.4. The van der Waals surface area contributed by atoms with Gasteiger partial charge in [0.05, 0.1) is 5.71 Å². The Bertz CT molecular complexity index is 267. The zero-order chi connectivity index (χ0) is 7.84. The van der Waals surface area contributed by atoms with E-state index in [2.05, 4.69) is 14.1 Å². The van der Waals surface area contributed by atoms with Gasteiger partial charge in [0, 0.05) is 6.04 Å². The molecule has 2 aliphatic rings. The SMILES string of the molecule is CC1=NS(=O)N=C1NC1CC1. The molecule has 1 aliphatic carbocycles. The minimum absolute atomic E-state index is 0.550. The van der Waals surface area contributed by atoms with Crippen molar-refractivity contribution in [3.8, 4) is 0 Å². The van der Waals surface area contributed by atoms with Gasteiger partial charge in [0.1, 0.15) is 0 Å². The van der Waals surface area contributed by atoms with Gasteiger partial charge in [-0.1, -0.05) is 0 Å². The Hall–Kier alpha value is -0.710. The van der Waals surface area contributed by atoms with Crippen molar-refractivity contribution >= 4 is 22.7 Å². The lowest BCUT2D eigenvalue weighted by atomic mass is 10.4. The first-order valence-electron chi connectivity index (χ1n) is 3.58. The Morgan fingerprint density at radius 3 is 2.73 bits per heavy atom. The topological polar surface area (TPSA) is 53.8 Å². The number of amidine groups is 1. The van der Waals surface area contributed by atoms with Crippen molar-refractivity contribution in [3.05, 3.63) is 0 Å². The smallest absolute Gasteiger partial charge is 0.267 e. The Kier molecular flexibility index (Phi) is 1.52. The Morgan fingerprint density at radius 1 is 1.55 bits per heavy atom. The monoisotopic (exact) mass is 171 g/mol. The first-order chi connectivity index (χ1) is 5.25. The second-order valence-corrected chi connectivity index (χ2v) is 3.59. The number of hydrogen-bond acceptors (Lipinski definition) is 2. The van der Waals surface area contributed by atoms with Crippen LogP contribution in [-0.4, -0.2) is 21.8 Å². The minimum atomic E-state index is -1.36. The third kappa shape index (κ3) is 1.48. The standard InChI is InChI=1S/C6H9N3OS/c1-4-6(7-5-2-3-5)9-11(10)8-4/h5H,2-3H2,1H3,(H,7,9). The summed E-state index contributed by atoms with van der Waals surface area (Å²) in [5.41, 5.74) is 0.759. The van der Waals surface area contributed by atoms with E-state index >= 15 is 0 Å². The lowest BCUT2D eigenvalue weighted by Gasteiger charge is -2.00. The average Bonchev–Trinajstić information content (AvgIpc) is 2.64. The van der Waals surface area contributed by atoms with Gasteiger partial charge in [-0.2, -0.15) is 4.40 Å². The number of nitrogens with one attached hydrogen (secondary N) is 1. The van der Waals surface area contributed by atoms with Gasteiger partial charge in [-0.3, -0.25) is 0 Å². The molecule has 2 rings (SSSR count). The lowest BCUT2D eigenvalue weighted by Crippen LogP contribution is -2.29. The van der Waals surface area contributed by atoms with E-state index in [0.717, 1.165) is 5.71 Å². The van der Waals surface area contributed by atoms with Crippen LogP contribution in [-0.2, 0) is 11.2 Å². The Labute approximate surface area is 67.5 Å². The molecule has 1 fully saturated rings. The lowest BCUT2D eigenvalue weighted by molar-refractivity contribution is 0.686. The Morgan fingerprint density at radius 2 is 2.27 bits per heavy atom. The molecule has 60 valence electrons. The second kappa shape index (κ2) is 2.41. The number of nitrogens with zero attached hydrogens (tertiary/aromatic N) is 2. The summed E-state index contributed by atoms with van der Waals surface area (Å²) in [5, 5.41) is 3.16. The zero-order valence-corrected chi connectivity index (χ0v) is 7.02. The number of hydrogen-bond donors (Lipinski definition) is 1. The molecule has 1 saturated carbocycles. The maximum atomic E-state index is 10.8. The van der Waals surface area contributed by atoms with Crippen LogP contribution in [0.1, 0.15) is 19.8 Å². The van der Waals surface area contributed by atoms with Crippen molar-refractivity contribution in [2.75, 3.05) is 0 Å². The summed E-state index contributed by atoms with van der Waals surface area (Å²) in [4.78, 5) is 0. The molecule has 5 heteroatoms. The van der Waals surface area contributed by atoms with E-state index in [4.69, 9.17) is 0 Å². The highest BCUT2D eigenvalue weighted by molar-refractivity contribution is 7.83. The third-order valence-corrected chi connectivity index (χ3v) is 2.41. The summed E-state index contributed by atoms with van der Waals surface area (Å²) in [7, 11) is 0. The minimum Gasteiger partial charge on any atom is -0.365 e. The van der Waals surface area contributed by atoms with Crippen molar-refractivity contribution < 1.29 is 4.21 Å². The molecule has 0 aromatic heterocycles. The largest absolute Gasteiger partial charge is 0.365 e. The molecule has 11 heavy (non-hydrogen) atoms. The highest BCUT2D eigenvalue weighted by Crippen LogP contribution is 2.19. The first kappa shape index (κ1) is 6.97. The zero-order valence-electron chi connectivity index (χ0n) is 6.20. The summed E-state index contributed by atoms with van der Waals surface area (Å²) in [6.07, 6.45) is 2.39. The molecule has 1 N–H and O–H groups in total. The molecule has 1 heterocycles. The fourth-order valence-electron chi connectivity index (χ4n) is 0.877. The fraction of sp³-hybridized carbons (Fsp3) is 0.667. The van der Waals surface area contributed by atoms with Crippen LogP contribution >= 0.6 is 0 Å². The molecule has 1 unspecified atom stereocenters. The van der Waals surface area contributed by atoms with E-state index in [1.807, 2.05) is 6.92 Å².